The molecular weight excluding hydrogens is 277 g/mol. The number of ether oxygens (including phenoxy) is 1. The summed E-state index contributed by atoms with van der Waals surface area (Å²) in [5.41, 5.74) is 5.30. The van der Waals surface area contributed by atoms with Crippen LogP contribution in [0.25, 0.3) is 0 Å². The molecule has 1 aromatic carbocycles. The highest BCUT2D eigenvalue weighted by Crippen LogP contribution is 2.25. The van der Waals surface area contributed by atoms with Gasteiger partial charge in [-0.05, 0) is 25.1 Å². The molecule has 1 aliphatic rings. The van der Waals surface area contributed by atoms with Crippen LogP contribution in [-0.4, -0.2) is 55.4 Å². The molecule has 0 aromatic heterocycles. The average molecular weight is 297 g/mol. The van der Waals surface area contributed by atoms with E-state index < -0.39 is 11.8 Å². The Bertz CT molecular complexity index is 504. The summed E-state index contributed by atoms with van der Waals surface area (Å²) < 4.78 is 18.6. The Morgan fingerprint density at radius 1 is 1.43 bits per heavy atom. The number of nitrogens with zero attached hydrogens (tertiary/aromatic N) is 1. The van der Waals surface area contributed by atoms with E-state index in [9.17, 15) is 9.18 Å². The number of nitrogens with two attached hydrogens (primary N) is 1. The van der Waals surface area contributed by atoms with Crippen molar-refractivity contribution in [3.05, 3.63) is 23.5 Å². The number of hydrogen-bond acceptors (Lipinski definition) is 5. The van der Waals surface area contributed by atoms with E-state index in [4.69, 9.17) is 15.6 Å². The Morgan fingerprint density at radius 3 is 2.81 bits per heavy atom. The van der Waals surface area contributed by atoms with Crippen molar-refractivity contribution in [3.8, 4) is 0 Å². The van der Waals surface area contributed by atoms with Crippen LogP contribution in [0.1, 0.15) is 16.8 Å². The van der Waals surface area contributed by atoms with Crippen molar-refractivity contribution < 1.29 is 19.0 Å². The maximum atomic E-state index is 13.3. The van der Waals surface area contributed by atoms with Crippen molar-refractivity contribution in [1.29, 1.82) is 0 Å². The molecule has 0 spiro atoms. The van der Waals surface area contributed by atoms with Gasteiger partial charge < -0.3 is 20.9 Å². The van der Waals surface area contributed by atoms with Gasteiger partial charge in [-0.1, -0.05) is 0 Å². The Kier molecular flexibility index (Phi) is 5.35. The number of carbonyl (C=O) groups is 1. The average Bonchev–Trinajstić information content (AvgIpc) is 2.48. The number of anilines is 2. The third-order valence-electron chi connectivity index (χ3n) is 3.48. The zero-order valence-electron chi connectivity index (χ0n) is 11.8. The van der Waals surface area contributed by atoms with Crippen LogP contribution in [0.3, 0.4) is 0 Å². The molecule has 0 aliphatic carbocycles. The lowest BCUT2D eigenvalue weighted by molar-refractivity contribution is 0.0378. The van der Waals surface area contributed by atoms with Crippen molar-refractivity contribution >= 4 is 17.3 Å². The third-order valence-corrected chi connectivity index (χ3v) is 3.48. The van der Waals surface area contributed by atoms with Gasteiger partial charge in [0.1, 0.15) is 11.4 Å². The van der Waals surface area contributed by atoms with Crippen LogP contribution in [0.2, 0.25) is 0 Å². The Labute approximate surface area is 122 Å². The minimum absolute atomic E-state index is 0.207. The van der Waals surface area contributed by atoms with Crippen molar-refractivity contribution in [3.63, 3.8) is 0 Å². The number of aromatic carboxylic acids is 1. The van der Waals surface area contributed by atoms with E-state index in [1.54, 1.807) is 0 Å². The summed E-state index contributed by atoms with van der Waals surface area (Å²) in [5.74, 6) is -1.95. The van der Waals surface area contributed by atoms with Gasteiger partial charge >= 0.3 is 5.97 Å². The molecule has 1 aromatic rings. The molecule has 1 aliphatic heterocycles. The fourth-order valence-electron chi connectivity index (χ4n) is 2.32. The quantitative estimate of drug-likeness (QED) is 0.541. The minimum Gasteiger partial charge on any atom is -0.478 e. The van der Waals surface area contributed by atoms with Crippen LogP contribution in [0.4, 0.5) is 15.8 Å². The molecule has 116 valence electrons. The summed E-state index contributed by atoms with van der Waals surface area (Å²) in [7, 11) is 0. The summed E-state index contributed by atoms with van der Waals surface area (Å²) in [5, 5.41) is 12.1. The van der Waals surface area contributed by atoms with Gasteiger partial charge in [-0.3, -0.25) is 4.90 Å². The van der Waals surface area contributed by atoms with E-state index in [0.29, 0.717) is 12.2 Å². The molecule has 7 heteroatoms. The largest absolute Gasteiger partial charge is 0.478 e. The van der Waals surface area contributed by atoms with Crippen LogP contribution < -0.4 is 11.1 Å². The van der Waals surface area contributed by atoms with Crippen LogP contribution in [0.15, 0.2) is 12.1 Å². The molecule has 0 atom stereocenters. The first-order valence-corrected chi connectivity index (χ1v) is 6.95. The highest BCUT2D eigenvalue weighted by atomic mass is 19.1. The number of nitrogen functional groups attached to an aromatic ring is 1. The zero-order chi connectivity index (χ0) is 15.2. The summed E-state index contributed by atoms with van der Waals surface area (Å²) in [4.78, 5) is 13.5. The molecule has 6 nitrogen and oxygen atoms in total. The molecular formula is C14H20FN3O3. The smallest absolute Gasteiger partial charge is 0.340 e. The van der Waals surface area contributed by atoms with Crippen LogP contribution in [0, 0.1) is 5.82 Å². The predicted molar refractivity (Wildman–Crippen MR) is 78.1 cm³/mol. The molecule has 0 unspecified atom stereocenters. The molecule has 2 rings (SSSR count). The summed E-state index contributed by atoms with van der Waals surface area (Å²) in [6, 6.07) is 2.58. The van der Waals surface area contributed by atoms with Crippen molar-refractivity contribution in [2.24, 2.45) is 0 Å². The maximum absolute atomic E-state index is 13.3. The maximum Gasteiger partial charge on any atom is 0.340 e. The van der Waals surface area contributed by atoms with E-state index in [2.05, 4.69) is 10.2 Å². The molecule has 4 N–H and O–H groups in total. The molecule has 21 heavy (non-hydrogen) atoms. The standard InChI is InChI=1S/C14H20FN3O3/c15-10-2-3-11(12(13(10)16)14(19)20)17-4-1-5-18-6-8-21-9-7-18/h2-3,17H,1,4-9,16H2,(H,19,20). The van der Waals surface area contributed by atoms with Crippen LogP contribution in [-0.2, 0) is 4.74 Å². The molecule has 0 amide bonds. The summed E-state index contributed by atoms with van der Waals surface area (Å²) >= 11 is 0. The lowest BCUT2D eigenvalue weighted by Gasteiger charge is -2.26. The van der Waals surface area contributed by atoms with E-state index in [-0.39, 0.29) is 11.3 Å². The zero-order valence-corrected chi connectivity index (χ0v) is 11.8. The van der Waals surface area contributed by atoms with Gasteiger partial charge in [0.05, 0.1) is 24.6 Å². The van der Waals surface area contributed by atoms with E-state index in [1.807, 2.05) is 0 Å². The van der Waals surface area contributed by atoms with Gasteiger partial charge in [0.25, 0.3) is 0 Å². The number of nitrogens with one attached hydrogen (secondary N) is 1. The number of carboxylic acid groups (broad SMARTS) is 1. The van der Waals surface area contributed by atoms with Crippen LogP contribution in [0.5, 0.6) is 0 Å². The normalized spacial score (nSPS) is 15.9. The first-order chi connectivity index (χ1) is 10.1. The second-order valence-electron chi connectivity index (χ2n) is 4.92. The highest BCUT2D eigenvalue weighted by Gasteiger charge is 2.17. The Hall–Kier alpha value is -1.86. The second kappa shape index (κ2) is 7.24. The molecule has 1 heterocycles. The number of morpholine rings is 1. The fraction of sp³-hybridized carbons (Fsp3) is 0.500. The summed E-state index contributed by atoms with van der Waals surface area (Å²) in [6.07, 6.45) is 0.857. The van der Waals surface area contributed by atoms with Crippen LogP contribution >= 0.6 is 0 Å². The van der Waals surface area contributed by atoms with Gasteiger partial charge in [-0.2, -0.15) is 0 Å². The van der Waals surface area contributed by atoms with Crippen molar-refractivity contribution in [2.75, 3.05) is 50.4 Å². The van der Waals surface area contributed by atoms with Gasteiger partial charge in [-0.15, -0.1) is 0 Å². The fourth-order valence-corrected chi connectivity index (χ4v) is 2.32. The van der Waals surface area contributed by atoms with Gasteiger partial charge in [0, 0.05) is 19.6 Å². The van der Waals surface area contributed by atoms with Gasteiger partial charge in [0.2, 0.25) is 0 Å². The third kappa shape index (κ3) is 4.05. The van der Waals surface area contributed by atoms with Crippen molar-refractivity contribution in [2.45, 2.75) is 6.42 Å². The summed E-state index contributed by atoms with van der Waals surface area (Å²) in [6.45, 7) is 4.86. The number of halogens is 1. The molecule has 1 saturated heterocycles. The number of rotatable bonds is 6. The van der Waals surface area contributed by atoms with Gasteiger partial charge in [-0.25, -0.2) is 9.18 Å². The molecule has 0 radical (unpaired) electrons. The number of benzene rings is 1. The van der Waals surface area contributed by atoms with E-state index in [0.717, 1.165) is 39.3 Å². The first kappa shape index (κ1) is 15.5. The van der Waals surface area contributed by atoms with E-state index >= 15 is 0 Å². The lowest BCUT2D eigenvalue weighted by Crippen LogP contribution is -2.37. The van der Waals surface area contributed by atoms with Crippen molar-refractivity contribution in [1.82, 2.24) is 4.90 Å². The first-order valence-electron chi connectivity index (χ1n) is 6.95. The predicted octanol–water partition coefficient (Wildman–Crippen LogP) is 1.24. The lowest BCUT2D eigenvalue weighted by atomic mass is 10.1. The minimum atomic E-state index is -1.23. The molecule has 1 fully saturated rings. The second-order valence-corrected chi connectivity index (χ2v) is 4.92. The topological polar surface area (TPSA) is 87.8 Å². The molecule has 0 bridgehead atoms. The highest BCUT2D eigenvalue weighted by molar-refractivity contribution is 6.00. The Morgan fingerprint density at radius 2 is 2.14 bits per heavy atom. The molecule has 0 saturated carbocycles. The SMILES string of the molecule is Nc1c(F)ccc(NCCCN2CCOCC2)c1C(=O)O. The number of carboxylic acids is 1. The van der Waals surface area contributed by atoms with E-state index in [1.165, 1.54) is 12.1 Å². The van der Waals surface area contributed by atoms with Gasteiger partial charge in [0.15, 0.2) is 0 Å². The number of hydrogen-bond donors (Lipinski definition) is 3. The Balaban J connectivity index is 1.88. The monoisotopic (exact) mass is 297 g/mol.